The van der Waals surface area contributed by atoms with Crippen LogP contribution in [0.15, 0.2) is 11.2 Å². The van der Waals surface area contributed by atoms with Gasteiger partial charge in [0.15, 0.2) is 0 Å². The molecule has 90 valence electrons. The molecule has 16 heavy (non-hydrogen) atoms. The van der Waals surface area contributed by atoms with Crippen molar-refractivity contribution in [1.82, 2.24) is 4.90 Å². The van der Waals surface area contributed by atoms with Gasteiger partial charge in [0.2, 0.25) is 0 Å². The third-order valence-electron chi connectivity index (χ3n) is 3.31. The van der Waals surface area contributed by atoms with Crippen LogP contribution in [-0.4, -0.2) is 28.2 Å². The largest absolute Gasteiger partial charge is 0.358 e. The lowest BCUT2D eigenvalue weighted by atomic mass is 9.94. The van der Waals surface area contributed by atoms with E-state index in [-0.39, 0.29) is 4.92 Å². The monoisotopic (exact) mass is 242 g/mol. The van der Waals surface area contributed by atoms with Crippen LogP contribution >= 0.6 is 11.8 Å². The summed E-state index contributed by atoms with van der Waals surface area (Å²) in [4.78, 5) is 12.5. The summed E-state index contributed by atoms with van der Waals surface area (Å²) in [6, 6.07) is 0.549. The number of nitrogens with zero attached hydrogens (tertiary/aromatic N) is 2. The first-order valence-electron chi connectivity index (χ1n) is 6.02. The zero-order valence-electron chi connectivity index (χ0n) is 9.43. The van der Waals surface area contributed by atoms with E-state index in [0.29, 0.717) is 6.04 Å². The molecule has 0 aromatic carbocycles. The number of rotatable bonds is 2. The van der Waals surface area contributed by atoms with Crippen molar-refractivity contribution in [2.45, 2.75) is 44.6 Å². The predicted octanol–water partition coefficient (Wildman–Crippen LogP) is 2.83. The maximum atomic E-state index is 10.6. The second-order valence-corrected chi connectivity index (χ2v) is 5.56. The second kappa shape index (κ2) is 5.57. The van der Waals surface area contributed by atoms with Crippen LogP contribution in [0.25, 0.3) is 0 Å². The minimum atomic E-state index is -0.316. The van der Waals surface area contributed by atoms with Crippen LogP contribution in [0.2, 0.25) is 0 Å². The average Bonchev–Trinajstić information content (AvgIpc) is 2.30. The summed E-state index contributed by atoms with van der Waals surface area (Å²) in [6.07, 6.45) is 8.63. The summed E-state index contributed by atoms with van der Waals surface area (Å²) in [5.74, 6) is 1.02. The zero-order valence-corrected chi connectivity index (χ0v) is 10.2. The molecule has 1 aliphatic heterocycles. The van der Waals surface area contributed by atoms with Crippen LogP contribution in [0.1, 0.15) is 38.5 Å². The summed E-state index contributed by atoms with van der Waals surface area (Å²) in [6.45, 7) is 0.997. The molecular weight excluding hydrogens is 224 g/mol. The molecule has 0 spiro atoms. The van der Waals surface area contributed by atoms with Gasteiger partial charge in [-0.1, -0.05) is 19.3 Å². The molecule has 1 heterocycles. The van der Waals surface area contributed by atoms with Crippen LogP contribution in [-0.2, 0) is 0 Å². The second-order valence-electron chi connectivity index (χ2n) is 4.44. The molecule has 0 bridgehead atoms. The Bertz CT molecular complexity index is 288. The first-order chi connectivity index (χ1) is 7.77. The Hall–Kier alpha value is -0.710. The van der Waals surface area contributed by atoms with Crippen molar-refractivity contribution in [1.29, 1.82) is 0 Å². The van der Waals surface area contributed by atoms with E-state index in [1.807, 2.05) is 0 Å². The Morgan fingerprint density at radius 1 is 1.31 bits per heavy atom. The predicted molar refractivity (Wildman–Crippen MR) is 65.7 cm³/mol. The third kappa shape index (κ3) is 2.90. The van der Waals surface area contributed by atoms with Gasteiger partial charge in [-0.2, -0.15) is 0 Å². The number of hydrogen-bond donors (Lipinski definition) is 0. The lowest BCUT2D eigenvalue weighted by Gasteiger charge is -2.38. The maximum Gasteiger partial charge on any atom is 0.264 e. The molecule has 0 radical (unpaired) electrons. The molecule has 1 saturated carbocycles. The van der Waals surface area contributed by atoms with Crippen LogP contribution in [0.5, 0.6) is 0 Å². The Morgan fingerprint density at radius 2 is 2.06 bits per heavy atom. The van der Waals surface area contributed by atoms with E-state index in [4.69, 9.17) is 0 Å². The highest BCUT2D eigenvalue weighted by molar-refractivity contribution is 8.03. The fourth-order valence-corrected chi connectivity index (χ4v) is 3.61. The Labute approximate surface area is 100 Å². The summed E-state index contributed by atoms with van der Waals surface area (Å²) in [5.41, 5.74) is 0. The normalized spacial score (nSPS) is 26.0. The fraction of sp³-hybridized carbons (Fsp3) is 0.818. The average molecular weight is 242 g/mol. The Balaban J connectivity index is 2.06. The number of hydrogen-bond acceptors (Lipinski definition) is 4. The molecule has 0 unspecified atom stereocenters. The Morgan fingerprint density at radius 3 is 2.75 bits per heavy atom. The van der Waals surface area contributed by atoms with Crippen molar-refractivity contribution >= 4 is 11.8 Å². The van der Waals surface area contributed by atoms with Gasteiger partial charge in [0.1, 0.15) is 5.03 Å². The SMILES string of the molecule is O=[N+]([O-])C=C1SCCCN1C1CCCCC1. The van der Waals surface area contributed by atoms with Crippen LogP contribution in [0.4, 0.5) is 0 Å². The van der Waals surface area contributed by atoms with Gasteiger partial charge in [-0.05, 0) is 19.3 Å². The first kappa shape index (κ1) is 11.8. The van der Waals surface area contributed by atoms with Crippen molar-refractivity contribution < 1.29 is 4.92 Å². The number of thioether (sulfide) groups is 1. The summed E-state index contributed by atoms with van der Waals surface area (Å²) >= 11 is 1.64. The third-order valence-corrected chi connectivity index (χ3v) is 4.44. The van der Waals surface area contributed by atoms with Gasteiger partial charge in [-0.15, -0.1) is 11.8 Å². The molecule has 5 heteroatoms. The fourth-order valence-electron chi connectivity index (χ4n) is 2.56. The molecule has 0 N–H and O–H groups in total. The number of nitro groups is 1. The first-order valence-corrected chi connectivity index (χ1v) is 7.00. The molecule has 0 aromatic heterocycles. The van der Waals surface area contributed by atoms with E-state index < -0.39 is 0 Å². The summed E-state index contributed by atoms with van der Waals surface area (Å²) in [7, 11) is 0. The van der Waals surface area contributed by atoms with Gasteiger partial charge < -0.3 is 4.90 Å². The van der Waals surface area contributed by atoms with Gasteiger partial charge >= 0.3 is 0 Å². The molecule has 2 fully saturated rings. The highest BCUT2D eigenvalue weighted by Crippen LogP contribution is 2.33. The molecule has 1 aliphatic carbocycles. The van der Waals surface area contributed by atoms with Crippen LogP contribution < -0.4 is 0 Å². The quantitative estimate of drug-likeness (QED) is 0.552. The lowest BCUT2D eigenvalue weighted by molar-refractivity contribution is -0.403. The standard InChI is InChI=1S/C11H18N2O2S/c14-13(15)9-11-12(7-4-8-16-11)10-5-2-1-3-6-10/h9-10H,1-8H2. The molecule has 1 saturated heterocycles. The van der Waals surface area contributed by atoms with E-state index >= 15 is 0 Å². The molecule has 0 aromatic rings. The van der Waals surface area contributed by atoms with E-state index in [2.05, 4.69) is 4.90 Å². The molecule has 0 amide bonds. The van der Waals surface area contributed by atoms with E-state index in [9.17, 15) is 10.1 Å². The molecular formula is C11H18N2O2S. The molecule has 0 atom stereocenters. The Kier molecular flexibility index (Phi) is 4.09. The minimum Gasteiger partial charge on any atom is -0.358 e. The summed E-state index contributed by atoms with van der Waals surface area (Å²) < 4.78 is 0. The minimum absolute atomic E-state index is 0.316. The smallest absolute Gasteiger partial charge is 0.264 e. The van der Waals surface area contributed by atoms with Crippen molar-refractivity contribution in [2.24, 2.45) is 0 Å². The van der Waals surface area contributed by atoms with Gasteiger partial charge in [-0.3, -0.25) is 10.1 Å². The topological polar surface area (TPSA) is 46.4 Å². The molecule has 2 rings (SSSR count). The highest BCUT2D eigenvalue weighted by atomic mass is 32.2. The van der Waals surface area contributed by atoms with Gasteiger partial charge in [0, 0.05) is 18.3 Å². The van der Waals surface area contributed by atoms with E-state index in [1.165, 1.54) is 38.3 Å². The molecule has 2 aliphatic rings. The van der Waals surface area contributed by atoms with Crippen molar-refractivity contribution in [3.05, 3.63) is 21.3 Å². The van der Waals surface area contributed by atoms with Gasteiger partial charge in [-0.25, -0.2) is 0 Å². The van der Waals surface area contributed by atoms with Crippen LogP contribution in [0, 0.1) is 10.1 Å². The van der Waals surface area contributed by atoms with Crippen molar-refractivity contribution in [3.63, 3.8) is 0 Å². The summed E-state index contributed by atoms with van der Waals surface area (Å²) in [5, 5.41) is 11.5. The van der Waals surface area contributed by atoms with Gasteiger partial charge in [0.25, 0.3) is 6.20 Å². The van der Waals surface area contributed by atoms with Crippen molar-refractivity contribution in [3.8, 4) is 0 Å². The highest BCUT2D eigenvalue weighted by Gasteiger charge is 2.27. The maximum absolute atomic E-state index is 10.6. The van der Waals surface area contributed by atoms with E-state index in [0.717, 1.165) is 23.7 Å². The van der Waals surface area contributed by atoms with Crippen LogP contribution in [0.3, 0.4) is 0 Å². The van der Waals surface area contributed by atoms with E-state index in [1.54, 1.807) is 11.8 Å². The zero-order chi connectivity index (χ0) is 11.4. The van der Waals surface area contributed by atoms with Gasteiger partial charge in [0.05, 0.1) is 4.92 Å². The van der Waals surface area contributed by atoms with Crippen molar-refractivity contribution in [2.75, 3.05) is 12.3 Å². The molecule has 4 nitrogen and oxygen atoms in total. The lowest BCUT2D eigenvalue weighted by Crippen LogP contribution is -2.38.